The van der Waals surface area contributed by atoms with Crippen LogP contribution >= 0.6 is 24.0 Å². The molecule has 0 fully saturated rings. The van der Waals surface area contributed by atoms with Gasteiger partial charge in [-0.1, -0.05) is 6.92 Å². The third-order valence-corrected chi connectivity index (χ3v) is 2.41. The molecule has 0 spiro atoms. The first-order valence-electron chi connectivity index (χ1n) is 6.56. The second-order valence-corrected chi connectivity index (χ2v) is 4.12. The van der Waals surface area contributed by atoms with E-state index in [1.165, 1.54) is 0 Å². The summed E-state index contributed by atoms with van der Waals surface area (Å²) in [4.78, 5) is 11.2. The van der Waals surface area contributed by atoms with Crippen LogP contribution in [0.15, 0.2) is 17.3 Å². The highest BCUT2D eigenvalue weighted by Gasteiger charge is 2.32. The number of hydrogen-bond donors (Lipinski definition) is 3. The summed E-state index contributed by atoms with van der Waals surface area (Å²) >= 11 is 0. The molecule has 22 heavy (non-hydrogen) atoms. The molecule has 6 nitrogen and oxygen atoms in total. The maximum Gasteiger partial charge on any atom is 0.433 e. The summed E-state index contributed by atoms with van der Waals surface area (Å²) in [6, 6.07) is 0.833. The number of aliphatic imine (C=N–C) groups is 1. The third kappa shape index (κ3) is 7.61. The Morgan fingerprint density at radius 1 is 1.23 bits per heavy atom. The molecular formula is C12H20F3IN6. The van der Waals surface area contributed by atoms with E-state index in [9.17, 15) is 13.2 Å². The van der Waals surface area contributed by atoms with Gasteiger partial charge in [-0.2, -0.15) is 13.2 Å². The molecule has 0 amide bonds. The topological polar surface area (TPSA) is 74.2 Å². The molecule has 1 aromatic rings. The van der Waals surface area contributed by atoms with E-state index in [1.54, 1.807) is 7.05 Å². The summed E-state index contributed by atoms with van der Waals surface area (Å²) in [6.45, 7) is 3.67. The molecule has 0 saturated carbocycles. The van der Waals surface area contributed by atoms with Gasteiger partial charge in [0.1, 0.15) is 5.69 Å². The lowest BCUT2D eigenvalue weighted by Gasteiger charge is -2.12. The Bertz CT molecular complexity index is 466. The Labute approximate surface area is 144 Å². The molecule has 0 aliphatic carbocycles. The first-order chi connectivity index (χ1) is 9.97. The van der Waals surface area contributed by atoms with Gasteiger partial charge < -0.3 is 16.0 Å². The Hall–Kier alpha value is -1.33. The van der Waals surface area contributed by atoms with Crippen LogP contribution in [0.2, 0.25) is 0 Å². The fourth-order valence-corrected chi connectivity index (χ4v) is 1.42. The molecule has 0 saturated heterocycles. The van der Waals surface area contributed by atoms with Crippen LogP contribution < -0.4 is 16.0 Å². The van der Waals surface area contributed by atoms with Gasteiger partial charge >= 0.3 is 6.18 Å². The van der Waals surface area contributed by atoms with Gasteiger partial charge in [-0.3, -0.25) is 4.99 Å². The molecule has 10 heteroatoms. The number of nitrogens with one attached hydrogen (secondary N) is 3. The zero-order valence-corrected chi connectivity index (χ0v) is 14.7. The lowest BCUT2D eigenvalue weighted by molar-refractivity contribution is -0.141. The van der Waals surface area contributed by atoms with Crippen molar-refractivity contribution in [3.05, 3.63) is 18.0 Å². The van der Waals surface area contributed by atoms with Gasteiger partial charge in [-0.15, -0.1) is 24.0 Å². The fraction of sp³-hybridized carbons (Fsp3) is 0.583. The summed E-state index contributed by atoms with van der Waals surface area (Å²) in [5.74, 6) is 0.590. The molecule has 0 bridgehead atoms. The van der Waals surface area contributed by atoms with Crippen molar-refractivity contribution in [1.82, 2.24) is 20.6 Å². The molecule has 0 atom stereocenters. The number of nitrogens with zero attached hydrogens (tertiary/aromatic N) is 3. The maximum atomic E-state index is 12.5. The smallest absolute Gasteiger partial charge is 0.356 e. The molecular weight excluding hydrogens is 412 g/mol. The van der Waals surface area contributed by atoms with Crippen LogP contribution in [0, 0.1) is 0 Å². The second-order valence-electron chi connectivity index (χ2n) is 4.12. The monoisotopic (exact) mass is 432 g/mol. The molecule has 0 aliphatic heterocycles. The van der Waals surface area contributed by atoms with Crippen molar-refractivity contribution in [2.24, 2.45) is 4.99 Å². The molecule has 1 rings (SSSR count). The molecule has 0 radical (unpaired) electrons. The lowest BCUT2D eigenvalue weighted by Crippen LogP contribution is -2.39. The van der Waals surface area contributed by atoms with Crippen molar-refractivity contribution in [3.8, 4) is 0 Å². The Morgan fingerprint density at radius 2 is 1.91 bits per heavy atom. The van der Waals surface area contributed by atoms with E-state index in [1.807, 2.05) is 6.92 Å². The average molecular weight is 432 g/mol. The Kier molecular flexibility index (Phi) is 9.78. The predicted octanol–water partition coefficient (Wildman–Crippen LogP) is 2.10. The zero-order chi connectivity index (χ0) is 15.7. The normalized spacial score (nSPS) is 11.6. The molecule has 1 heterocycles. The second kappa shape index (κ2) is 10.4. The highest BCUT2D eigenvalue weighted by atomic mass is 127. The number of halogens is 4. The molecule has 0 aliphatic rings. The largest absolute Gasteiger partial charge is 0.433 e. The lowest BCUT2D eigenvalue weighted by atomic mass is 10.4. The van der Waals surface area contributed by atoms with Crippen LogP contribution in [0.5, 0.6) is 0 Å². The number of anilines is 1. The molecule has 3 N–H and O–H groups in total. The van der Waals surface area contributed by atoms with Crippen molar-refractivity contribution in [1.29, 1.82) is 0 Å². The van der Waals surface area contributed by atoms with E-state index in [4.69, 9.17) is 0 Å². The van der Waals surface area contributed by atoms with E-state index in [2.05, 4.69) is 30.9 Å². The van der Waals surface area contributed by atoms with Gasteiger partial charge in [-0.05, 0) is 12.5 Å². The van der Waals surface area contributed by atoms with Crippen LogP contribution in [-0.2, 0) is 6.18 Å². The van der Waals surface area contributed by atoms with E-state index in [0.717, 1.165) is 25.2 Å². The highest BCUT2D eigenvalue weighted by molar-refractivity contribution is 14.0. The van der Waals surface area contributed by atoms with Gasteiger partial charge in [0.15, 0.2) is 5.96 Å². The van der Waals surface area contributed by atoms with Crippen LogP contribution in [0.1, 0.15) is 19.0 Å². The quantitative estimate of drug-likeness (QED) is 0.278. The zero-order valence-electron chi connectivity index (χ0n) is 12.4. The summed E-state index contributed by atoms with van der Waals surface area (Å²) in [5, 5.41) is 8.82. The third-order valence-electron chi connectivity index (χ3n) is 2.41. The Balaban J connectivity index is 0.00000441. The number of guanidine groups is 1. The standard InChI is InChI=1S/C12H19F3N6.HI/c1-3-5-17-10(16-2)19-7-8-20-11-18-6-4-9(21-11)12(13,14)15;/h4,6H,3,5,7-8H2,1-2H3,(H2,16,17,19)(H,18,20,21);1H. The van der Waals surface area contributed by atoms with Gasteiger partial charge in [0.25, 0.3) is 0 Å². The van der Waals surface area contributed by atoms with Gasteiger partial charge in [0, 0.05) is 32.9 Å². The van der Waals surface area contributed by atoms with E-state index < -0.39 is 11.9 Å². The van der Waals surface area contributed by atoms with Crippen molar-refractivity contribution < 1.29 is 13.2 Å². The van der Waals surface area contributed by atoms with Crippen molar-refractivity contribution in [3.63, 3.8) is 0 Å². The number of hydrogen-bond acceptors (Lipinski definition) is 4. The molecule has 0 aromatic carbocycles. The van der Waals surface area contributed by atoms with Gasteiger partial charge in [0.2, 0.25) is 5.95 Å². The minimum atomic E-state index is -4.47. The van der Waals surface area contributed by atoms with Crippen LogP contribution in [0.4, 0.5) is 19.1 Å². The van der Waals surface area contributed by atoms with Gasteiger partial charge in [0.05, 0.1) is 0 Å². The van der Waals surface area contributed by atoms with Crippen molar-refractivity contribution >= 4 is 35.9 Å². The number of alkyl halides is 3. The minimum absolute atomic E-state index is 0. The Morgan fingerprint density at radius 3 is 2.50 bits per heavy atom. The molecule has 126 valence electrons. The maximum absolute atomic E-state index is 12.5. The summed E-state index contributed by atoms with van der Waals surface area (Å²) in [7, 11) is 1.65. The van der Waals surface area contributed by atoms with E-state index >= 15 is 0 Å². The molecule has 1 aromatic heterocycles. The fourth-order valence-electron chi connectivity index (χ4n) is 1.42. The minimum Gasteiger partial charge on any atom is -0.356 e. The SMILES string of the molecule is CCCNC(=NC)NCCNc1nccc(C(F)(F)F)n1.I. The van der Waals surface area contributed by atoms with E-state index in [0.29, 0.717) is 19.0 Å². The van der Waals surface area contributed by atoms with Crippen molar-refractivity contribution in [2.75, 3.05) is 32.0 Å². The molecule has 0 unspecified atom stereocenters. The van der Waals surface area contributed by atoms with Crippen LogP contribution in [0.3, 0.4) is 0 Å². The van der Waals surface area contributed by atoms with E-state index in [-0.39, 0.29) is 29.9 Å². The first-order valence-corrected chi connectivity index (χ1v) is 6.56. The van der Waals surface area contributed by atoms with Crippen molar-refractivity contribution in [2.45, 2.75) is 19.5 Å². The number of aromatic nitrogens is 2. The van der Waals surface area contributed by atoms with Gasteiger partial charge in [-0.25, -0.2) is 9.97 Å². The summed E-state index contributed by atoms with van der Waals surface area (Å²) in [5.41, 5.74) is -0.964. The number of rotatable bonds is 6. The summed E-state index contributed by atoms with van der Waals surface area (Å²) in [6.07, 6.45) is -2.42. The highest BCUT2D eigenvalue weighted by Crippen LogP contribution is 2.27. The first kappa shape index (κ1) is 20.7. The van der Waals surface area contributed by atoms with Crippen LogP contribution in [0.25, 0.3) is 0 Å². The summed E-state index contributed by atoms with van der Waals surface area (Å²) < 4.78 is 37.4. The predicted molar refractivity (Wildman–Crippen MR) is 90.6 cm³/mol. The van der Waals surface area contributed by atoms with Crippen LogP contribution in [-0.4, -0.2) is 42.6 Å². The average Bonchev–Trinajstić information content (AvgIpc) is 2.46.